The van der Waals surface area contributed by atoms with E-state index in [2.05, 4.69) is 48.8 Å². The van der Waals surface area contributed by atoms with E-state index in [-0.39, 0.29) is 6.10 Å². The molecule has 2 atom stereocenters. The minimum absolute atomic E-state index is 0.219. The van der Waals surface area contributed by atoms with Gasteiger partial charge in [0.05, 0.1) is 31.0 Å². The molecule has 2 unspecified atom stereocenters. The number of hydrogen-bond donors (Lipinski definition) is 0. The van der Waals surface area contributed by atoms with Crippen molar-refractivity contribution in [1.82, 2.24) is 24.6 Å². The summed E-state index contributed by atoms with van der Waals surface area (Å²) in [5, 5.41) is 5.95. The molecule has 1 aromatic carbocycles. The van der Waals surface area contributed by atoms with E-state index in [0.717, 1.165) is 74.4 Å². The molecule has 3 aliphatic heterocycles. The standard InChI is InChI=1S/C29H40N6O2/c1-19(2)27-17-34(10-12-37-27)28-15-29(32-21(4)31-28)35-26-14-25(20(3)13-23(26)16-30-35)22-5-8-33(9-6-22)24-7-11-36-18-24/h13-16,19,22,24,27H,5-12,17-18H2,1-4H3. The fraction of sp³-hybridized carbons (Fsp3) is 0.621. The van der Waals surface area contributed by atoms with Gasteiger partial charge in [0.2, 0.25) is 0 Å². The highest BCUT2D eigenvalue weighted by molar-refractivity contribution is 5.82. The van der Waals surface area contributed by atoms with Crippen LogP contribution < -0.4 is 4.90 Å². The summed E-state index contributed by atoms with van der Waals surface area (Å²) in [7, 11) is 0. The molecule has 0 bridgehead atoms. The third-order valence-electron chi connectivity index (χ3n) is 8.54. The van der Waals surface area contributed by atoms with Crippen LogP contribution in [0.4, 0.5) is 5.82 Å². The second-order valence-electron chi connectivity index (χ2n) is 11.4. The number of hydrogen-bond acceptors (Lipinski definition) is 7. The van der Waals surface area contributed by atoms with E-state index in [1.165, 1.54) is 30.4 Å². The first-order valence-electron chi connectivity index (χ1n) is 14.0. The van der Waals surface area contributed by atoms with Crippen molar-refractivity contribution in [2.75, 3.05) is 50.9 Å². The monoisotopic (exact) mass is 504 g/mol. The number of ether oxygens (including phenoxy) is 2. The summed E-state index contributed by atoms with van der Waals surface area (Å²) in [4.78, 5) is 14.6. The summed E-state index contributed by atoms with van der Waals surface area (Å²) in [5.74, 6) is 3.60. The number of aryl methyl sites for hydroxylation is 2. The van der Waals surface area contributed by atoms with Crippen molar-refractivity contribution in [3.63, 3.8) is 0 Å². The minimum atomic E-state index is 0.219. The maximum Gasteiger partial charge on any atom is 0.159 e. The number of piperidine rings is 1. The second kappa shape index (κ2) is 10.3. The van der Waals surface area contributed by atoms with Crippen molar-refractivity contribution < 1.29 is 9.47 Å². The molecule has 2 aromatic heterocycles. The van der Waals surface area contributed by atoms with Gasteiger partial charge in [-0.05, 0) is 81.3 Å². The molecule has 0 saturated carbocycles. The highest BCUT2D eigenvalue weighted by atomic mass is 16.5. The van der Waals surface area contributed by atoms with Gasteiger partial charge in [0.15, 0.2) is 5.82 Å². The summed E-state index contributed by atoms with van der Waals surface area (Å²) >= 11 is 0. The van der Waals surface area contributed by atoms with Crippen molar-refractivity contribution >= 4 is 16.7 Å². The molecule has 3 saturated heterocycles. The van der Waals surface area contributed by atoms with Gasteiger partial charge in [-0.2, -0.15) is 5.10 Å². The van der Waals surface area contributed by atoms with Crippen LogP contribution in [0.15, 0.2) is 24.4 Å². The molecule has 8 heteroatoms. The second-order valence-corrected chi connectivity index (χ2v) is 11.4. The van der Waals surface area contributed by atoms with Crippen molar-refractivity contribution in [3.8, 4) is 5.82 Å². The van der Waals surface area contributed by atoms with E-state index in [4.69, 9.17) is 24.5 Å². The molecule has 8 nitrogen and oxygen atoms in total. The SMILES string of the molecule is Cc1nc(N2CCOC(C(C)C)C2)cc(-n2ncc3cc(C)c(C4CCN(C5CCOC5)CC4)cc32)n1. The van der Waals surface area contributed by atoms with Gasteiger partial charge >= 0.3 is 0 Å². The van der Waals surface area contributed by atoms with E-state index in [9.17, 15) is 0 Å². The Bertz CT molecular complexity index is 1240. The van der Waals surface area contributed by atoms with Crippen LogP contribution in [-0.4, -0.2) is 82.8 Å². The fourth-order valence-corrected chi connectivity index (χ4v) is 6.31. The van der Waals surface area contributed by atoms with Crippen LogP contribution in [0.2, 0.25) is 0 Å². The van der Waals surface area contributed by atoms with Gasteiger partial charge in [0, 0.05) is 37.2 Å². The molecular formula is C29H40N6O2. The van der Waals surface area contributed by atoms with Crippen LogP contribution in [0.25, 0.3) is 16.7 Å². The number of nitrogens with zero attached hydrogens (tertiary/aromatic N) is 6. The van der Waals surface area contributed by atoms with Crippen molar-refractivity contribution in [2.45, 2.75) is 65.0 Å². The molecule has 6 rings (SSSR count). The lowest BCUT2D eigenvalue weighted by molar-refractivity contribution is 0.0111. The molecule has 0 amide bonds. The highest BCUT2D eigenvalue weighted by Crippen LogP contribution is 2.34. The average Bonchev–Trinajstić information content (AvgIpc) is 3.58. The molecular weight excluding hydrogens is 464 g/mol. The van der Waals surface area contributed by atoms with Crippen LogP contribution in [0.3, 0.4) is 0 Å². The first-order chi connectivity index (χ1) is 18.0. The maximum absolute atomic E-state index is 5.99. The molecule has 3 fully saturated rings. The summed E-state index contributed by atoms with van der Waals surface area (Å²) in [6, 6.07) is 7.37. The zero-order valence-electron chi connectivity index (χ0n) is 22.7. The van der Waals surface area contributed by atoms with Crippen molar-refractivity contribution in [2.24, 2.45) is 5.92 Å². The summed E-state index contributed by atoms with van der Waals surface area (Å²) in [6.07, 6.45) is 5.76. The van der Waals surface area contributed by atoms with Crippen molar-refractivity contribution in [1.29, 1.82) is 0 Å². The van der Waals surface area contributed by atoms with E-state index >= 15 is 0 Å². The lowest BCUT2D eigenvalue weighted by Crippen LogP contribution is -2.45. The predicted octanol–water partition coefficient (Wildman–Crippen LogP) is 4.26. The van der Waals surface area contributed by atoms with Gasteiger partial charge in [-0.1, -0.05) is 13.8 Å². The number of rotatable bonds is 5. The molecule has 0 N–H and O–H groups in total. The van der Waals surface area contributed by atoms with E-state index in [1.807, 2.05) is 17.8 Å². The van der Waals surface area contributed by atoms with E-state index in [0.29, 0.717) is 17.9 Å². The third-order valence-corrected chi connectivity index (χ3v) is 8.54. The lowest BCUT2D eigenvalue weighted by atomic mass is 9.86. The fourth-order valence-electron chi connectivity index (χ4n) is 6.31. The van der Waals surface area contributed by atoms with Crippen LogP contribution in [0, 0.1) is 19.8 Å². The quantitative estimate of drug-likeness (QED) is 0.514. The van der Waals surface area contributed by atoms with Crippen LogP contribution in [-0.2, 0) is 9.47 Å². The van der Waals surface area contributed by atoms with Crippen molar-refractivity contribution in [3.05, 3.63) is 41.3 Å². The molecule has 37 heavy (non-hydrogen) atoms. The summed E-state index contributed by atoms with van der Waals surface area (Å²) in [6.45, 7) is 15.2. The molecule has 3 aliphatic rings. The van der Waals surface area contributed by atoms with Crippen LogP contribution >= 0.6 is 0 Å². The average molecular weight is 505 g/mol. The minimum Gasteiger partial charge on any atom is -0.380 e. The van der Waals surface area contributed by atoms with E-state index in [1.54, 1.807) is 0 Å². The number of aromatic nitrogens is 4. The Morgan fingerprint density at radius 3 is 2.51 bits per heavy atom. The van der Waals surface area contributed by atoms with Gasteiger partial charge in [-0.25, -0.2) is 14.6 Å². The number of fused-ring (bicyclic) bond motifs is 1. The topological polar surface area (TPSA) is 68.5 Å². The normalized spacial score (nSPS) is 24.0. The lowest BCUT2D eigenvalue weighted by Gasteiger charge is -2.36. The Morgan fingerprint density at radius 2 is 1.76 bits per heavy atom. The maximum atomic E-state index is 5.99. The molecule has 0 radical (unpaired) electrons. The molecule has 5 heterocycles. The predicted molar refractivity (Wildman–Crippen MR) is 146 cm³/mol. The summed E-state index contributed by atoms with van der Waals surface area (Å²) in [5.41, 5.74) is 3.94. The van der Waals surface area contributed by atoms with Gasteiger partial charge in [-0.3, -0.25) is 4.90 Å². The molecule has 0 aliphatic carbocycles. The molecule has 3 aromatic rings. The van der Waals surface area contributed by atoms with Crippen LogP contribution in [0.5, 0.6) is 0 Å². The number of benzene rings is 1. The molecule has 0 spiro atoms. The Kier molecular flexibility index (Phi) is 6.90. The van der Waals surface area contributed by atoms with E-state index < -0.39 is 0 Å². The zero-order valence-corrected chi connectivity index (χ0v) is 22.7. The first-order valence-corrected chi connectivity index (χ1v) is 14.0. The Morgan fingerprint density at radius 1 is 0.946 bits per heavy atom. The number of anilines is 1. The summed E-state index contributed by atoms with van der Waals surface area (Å²) < 4.78 is 13.6. The number of morpholine rings is 1. The largest absolute Gasteiger partial charge is 0.380 e. The van der Waals surface area contributed by atoms with Gasteiger partial charge < -0.3 is 14.4 Å². The highest BCUT2D eigenvalue weighted by Gasteiger charge is 2.29. The van der Waals surface area contributed by atoms with Gasteiger partial charge in [0.25, 0.3) is 0 Å². The Balaban J connectivity index is 1.28. The Hall–Kier alpha value is -2.55. The molecule has 198 valence electrons. The first kappa shape index (κ1) is 24.8. The smallest absolute Gasteiger partial charge is 0.159 e. The van der Waals surface area contributed by atoms with Crippen LogP contribution in [0.1, 0.15) is 56.0 Å². The zero-order chi connectivity index (χ0) is 25.5. The Labute approximate surface area is 220 Å². The number of likely N-dealkylation sites (tertiary alicyclic amines) is 1. The van der Waals surface area contributed by atoms with Gasteiger partial charge in [-0.15, -0.1) is 0 Å². The third kappa shape index (κ3) is 4.99. The van der Waals surface area contributed by atoms with Gasteiger partial charge in [0.1, 0.15) is 11.6 Å².